The Labute approximate surface area is 76.8 Å². The summed E-state index contributed by atoms with van der Waals surface area (Å²) in [6.45, 7) is 0.375. The van der Waals surface area contributed by atoms with Gasteiger partial charge in [-0.05, 0) is 29.6 Å². The van der Waals surface area contributed by atoms with Crippen molar-refractivity contribution < 1.29 is 4.39 Å². The molecule has 0 saturated carbocycles. The minimum absolute atomic E-state index is 0. The number of hydrogen-bond acceptors (Lipinski definition) is 1. The van der Waals surface area contributed by atoms with E-state index in [0.29, 0.717) is 13.0 Å². The first-order valence-corrected chi connectivity index (χ1v) is 3.58. The van der Waals surface area contributed by atoms with Crippen molar-refractivity contribution >= 4 is 0 Å². The molecule has 4 heteroatoms. The third-order valence-corrected chi connectivity index (χ3v) is 1.45. The van der Waals surface area contributed by atoms with Crippen LogP contribution in [0.2, 0.25) is 0 Å². The Bertz CT molecular complexity index is 305. The predicted octanol–water partition coefficient (Wildman–Crippen LogP) is 3.31. The maximum absolute atomic E-state index is 12.6. The minimum Gasteiger partial charge on any atom is -0.207 e. The summed E-state index contributed by atoms with van der Waals surface area (Å²) in [4.78, 5) is 2.60. The molecule has 0 aromatic heterocycles. The molecule has 13 heavy (non-hydrogen) atoms. The van der Waals surface area contributed by atoms with Crippen LogP contribution in [0, 0.1) is 5.82 Å². The molecule has 0 N–H and O–H groups in total. The Morgan fingerprint density at radius 2 is 2.23 bits per heavy atom. The summed E-state index contributed by atoms with van der Waals surface area (Å²) in [5, 5.41) is 3.35. The van der Waals surface area contributed by atoms with Gasteiger partial charge in [0, 0.05) is 11.5 Å². The Balaban J connectivity index is 0.00000144. The lowest BCUT2D eigenvalue weighted by atomic mass is 10.1. The molecular formula is C9H12FN3. The third kappa shape index (κ3) is 4.13. The summed E-state index contributed by atoms with van der Waals surface area (Å²) >= 11 is 0. The van der Waals surface area contributed by atoms with Crippen LogP contribution in [0.4, 0.5) is 4.39 Å². The molecule has 1 rings (SSSR count). The van der Waals surface area contributed by atoms with Gasteiger partial charge in [-0.15, -0.1) is 0 Å². The van der Waals surface area contributed by atoms with Gasteiger partial charge in [-0.25, -0.2) is 4.39 Å². The molecule has 0 amide bonds. The summed E-state index contributed by atoms with van der Waals surface area (Å²) in [6.07, 6.45) is 0.585. The highest BCUT2D eigenvalue weighted by atomic mass is 19.1. The molecule has 0 radical (unpaired) electrons. The van der Waals surface area contributed by atoms with Crippen molar-refractivity contribution in [3.05, 3.63) is 46.1 Å². The van der Waals surface area contributed by atoms with Crippen molar-refractivity contribution in [3.63, 3.8) is 0 Å². The molecular weight excluding hydrogens is 169 g/mol. The fraction of sp³-hybridized carbons (Fsp3) is 0.333. The van der Waals surface area contributed by atoms with E-state index in [1.54, 1.807) is 12.1 Å². The van der Waals surface area contributed by atoms with Gasteiger partial charge in [0.05, 0.1) is 0 Å². The highest BCUT2D eigenvalue weighted by molar-refractivity contribution is 5.16. The van der Waals surface area contributed by atoms with Gasteiger partial charge in [-0.3, -0.25) is 0 Å². The summed E-state index contributed by atoms with van der Waals surface area (Å²) in [7, 11) is 0. The predicted molar refractivity (Wildman–Crippen MR) is 50.8 cm³/mol. The first-order valence-electron chi connectivity index (χ1n) is 3.58. The van der Waals surface area contributed by atoms with Gasteiger partial charge in [0.25, 0.3) is 0 Å². The summed E-state index contributed by atoms with van der Waals surface area (Å²) in [6, 6.07) is 6.26. The molecule has 0 fully saturated rings. The largest absolute Gasteiger partial charge is 0.207 e. The van der Waals surface area contributed by atoms with E-state index in [9.17, 15) is 4.39 Å². The van der Waals surface area contributed by atoms with Crippen LogP contribution in [-0.4, -0.2) is 6.54 Å². The van der Waals surface area contributed by atoms with Gasteiger partial charge in [0.2, 0.25) is 0 Å². The van der Waals surface area contributed by atoms with Gasteiger partial charge >= 0.3 is 0 Å². The molecule has 1 aromatic rings. The Morgan fingerprint density at radius 1 is 1.46 bits per heavy atom. The number of azide groups is 1. The van der Waals surface area contributed by atoms with Crippen molar-refractivity contribution in [1.29, 1.82) is 0 Å². The standard InChI is InChI=1S/C8H8FN3.CH4/c9-8-3-1-2-7(6-8)4-5-11-12-10;/h1-3,6H,4-5H2;1H4. The fourth-order valence-corrected chi connectivity index (χ4v) is 0.916. The van der Waals surface area contributed by atoms with E-state index in [2.05, 4.69) is 10.0 Å². The van der Waals surface area contributed by atoms with Gasteiger partial charge in [0.15, 0.2) is 0 Å². The van der Waals surface area contributed by atoms with E-state index in [1.807, 2.05) is 0 Å². The van der Waals surface area contributed by atoms with Gasteiger partial charge < -0.3 is 0 Å². The topological polar surface area (TPSA) is 48.8 Å². The van der Waals surface area contributed by atoms with Crippen LogP contribution in [0.15, 0.2) is 29.4 Å². The molecule has 0 aliphatic rings. The number of hydrogen-bond donors (Lipinski definition) is 0. The number of halogens is 1. The van der Waals surface area contributed by atoms with Gasteiger partial charge in [0.1, 0.15) is 5.82 Å². The van der Waals surface area contributed by atoms with Crippen LogP contribution in [0.3, 0.4) is 0 Å². The average molecular weight is 181 g/mol. The zero-order valence-electron chi connectivity index (χ0n) is 6.44. The van der Waals surface area contributed by atoms with Crippen molar-refractivity contribution in [3.8, 4) is 0 Å². The second kappa shape index (κ2) is 6.03. The van der Waals surface area contributed by atoms with Crippen LogP contribution in [0.25, 0.3) is 10.4 Å². The monoisotopic (exact) mass is 181 g/mol. The summed E-state index contributed by atoms with van der Waals surface area (Å²) < 4.78 is 12.6. The van der Waals surface area contributed by atoms with Crippen LogP contribution >= 0.6 is 0 Å². The lowest BCUT2D eigenvalue weighted by molar-refractivity contribution is 0.625. The second-order valence-corrected chi connectivity index (χ2v) is 2.33. The van der Waals surface area contributed by atoms with Crippen molar-refractivity contribution in [2.45, 2.75) is 13.8 Å². The summed E-state index contributed by atoms with van der Waals surface area (Å²) in [5.74, 6) is -0.256. The van der Waals surface area contributed by atoms with E-state index in [1.165, 1.54) is 12.1 Å². The van der Waals surface area contributed by atoms with Crippen LogP contribution in [-0.2, 0) is 6.42 Å². The van der Waals surface area contributed by atoms with Crippen molar-refractivity contribution in [1.82, 2.24) is 0 Å². The summed E-state index contributed by atoms with van der Waals surface area (Å²) in [5.41, 5.74) is 8.83. The molecule has 0 bridgehead atoms. The molecule has 0 atom stereocenters. The average Bonchev–Trinajstić information content (AvgIpc) is 2.05. The van der Waals surface area contributed by atoms with Crippen LogP contribution in [0.5, 0.6) is 0 Å². The normalized spacial score (nSPS) is 8.38. The molecule has 0 saturated heterocycles. The molecule has 0 heterocycles. The maximum Gasteiger partial charge on any atom is 0.123 e. The fourth-order valence-electron chi connectivity index (χ4n) is 0.916. The Hall–Kier alpha value is -1.54. The molecule has 0 spiro atoms. The highest BCUT2D eigenvalue weighted by Crippen LogP contribution is 2.03. The van der Waals surface area contributed by atoms with E-state index >= 15 is 0 Å². The maximum atomic E-state index is 12.6. The first kappa shape index (κ1) is 11.5. The van der Waals surface area contributed by atoms with Crippen molar-refractivity contribution in [2.24, 2.45) is 5.11 Å². The molecule has 3 nitrogen and oxygen atoms in total. The smallest absolute Gasteiger partial charge is 0.123 e. The lowest BCUT2D eigenvalue weighted by Gasteiger charge is -1.96. The SMILES string of the molecule is C.[N-]=[N+]=NCCc1cccc(F)c1. The van der Waals surface area contributed by atoms with E-state index in [0.717, 1.165) is 5.56 Å². The second-order valence-electron chi connectivity index (χ2n) is 2.33. The molecule has 0 aliphatic carbocycles. The third-order valence-electron chi connectivity index (χ3n) is 1.45. The quantitative estimate of drug-likeness (QED) is 0.390. The number of rotatable bonds is 3. The van der Waals surface area contributed by atoms with E-state index < -0.39 is 0 Å². The van der Waals surface area contributed by atoms with Gasteiger partial charge in [-0.1, -0.05) is 24.7 Å². The van der Waals surface area contributed by atoms with E-state index in [4.69, 9.17) is 5.53 Å². The highest BCUT2D eigenvalue weighted by Gasteiger charge is 1.92. The zero-order valence-corrected chi connectivity index (χ0v) is 6.44. The van der Waals surface area contributed by atoms with Crippen molar-refractivity contribution in [2.75, 3.05) is 6.54 Å². The first-order chi connectivity index (χ1) is 5.83. The molecule has 0 aliphatic heterocycles. The van der Waals surface area contributed by atoms with Crippen LogP contribution < -0.4 is 0 Å². The molecule has 1 aromatic carbocycles. The number of benzene rings is 1. The van der Waals surface area contributed by atoms with Gasteiger partial charge in [-0.2, -0.15) is 0 Å². The molecule has 70 valence electrons. The van der Waals surface area contributed by atoms with Crippen LogP contribution in [0.1, 0.15) is 13.0 Å². The lowest BCUT2D eigenvalue weighted by Crippen LogP contribution is -1.88. The van der Waals surface area contributed by atoms with E-state index in [-0.39, 0.29) is 13.2 Å². The molecule has 0 unspecified atom stereocenters. The Morgan fingerprint density at radius 3 is 2.85 bits per heavy atom. The number of nitrogens with zero attached hydrogens (tertiary/aromatic N) is 3. The minimum atomic E-state index is -0.256. The Kier molecular flexibility index (Phi) is 5.32. The zero-order chi connectivity index (χ0) is 8.81.